The highest BCUT2D eigenvalue weighted by Crippen LogP contribution is 2.30. The molecule has 0 aliphatic rings. The molecule has 22 heavy (non-hydrogen) atoms. The van der Waals surface area contributed by atoms with E-state index in [0.29, 0.717) is 5.56 Å². The topological polar surface area (TPSA) is 76.0 Å². The Morgan fingerprint density at radius 2 is 1.91 bits per heavy atom. The summed E-state index contributed by atoms with van der Waals surface area (Å²) in [5, 5.41) is 19.7. The lowest BCUT2D eigenvalue weighted by Crippen LogP contribution is -2.15. The molecule has 2 aromatic carbocycles. The maximum atomic E-state index is 11.5. The molecule has 0 heterocycles. The average molecular weight is 302 g/mol. The van der Waals surface area contributed by atoms with Gasteiger partial charge in [-0.25, -0.2) is 4.79 Å². The highest BCUT2D eigenvalue weighted by atomic mass is 16.5. The Kier molecular flexibility index (Phi) is 5.38. The quantitative estimate of drug-likeness (QED) is 0.802. The fraction of sp³-hybridized carbons (Fsp3) is 0.235. The molecule has 1 unspecified atom stereocenters. The van der Waals surface area contributed by atoms with Crippen LogP contribution in [0.4, 0.5) is 0 Å². The van der Waals surface area contributed by atoms with E-state index in [1.165, 1.54) is 18.2 Å². The number of aliphatic hydroxyl groups is 1. The van der Waals surface area contributed by atoms with Gasteiger partial charge >= 0.3 is 5.97 Å². The van der Waals surface area contributed by atoms with Gasteiger partial charge in [-0.15, -0.1) is 0 Å². The van der Waals surface area contributed by atoms with Gasteiger partial charge < -0.3 is 19.7 Å². The van der Waals surface area contributed by atoms with E-state index in [9.17, 15) is 15.0 Å². The molecule has 0 aromatic heterocycles. The van der Waals surface area contributed by atoms with Crippen molar-refractivity contribution < 1.29 is 24.5 Å². The van der Waals surface area contributed by atoms with Crippen LogP contribution in [-0.2, 0) is 16.1 Å². The first-order valence-corrected chi connectivity index (χ1v) is 6.96. The van der Waals surface area contributed by atoms with Gasteiger partial charge in [0.2, 0.25) is 0 Å². The van der Waals surface area contributed by atoms with Crippen molar-refractivity contribution in [2.75, 3.05) is 6.61 Å². The molecule has 0 saturated carbocycles. The zero-order valence-corrected chi connectivity index (χ0v) is 12.2. The first kappa shape index (κ1) is 15.9. The molecule has 5 nitrogen and oxygen atoms in total. The Morgan fingerprint density at radius 1 is 1.18 bits per heavy atom. The first-order chi connectivity index (χ1) is 10.6. The van der Waals surface area contributed by atoms with Crippen LogP contribution in [0.25, 0.3) is 0 Å². The summed E-state index contributed by atoms with van der Waals surface area (Å²) in [6.07, 6.45) is -1.40. The summed E-state index contributed by atoms with van der Waals surface area (Å²) < 4.78 is 10.3. The Balaban J connectivity index is 2.11. The van der Waals surface area contributed by atoms with E-state index in [4.69, 9.17) is 9.47 Å². The summed E-state index contributed by atoms with van der Waals surface area (Å²) >= 11 is 0. The highest BCUT2D eigenvalue weighted by Gasteiger charge is 2.20. The zero-order chi connectivity index (χ0) is 15.9. The van der Waals surface area contributed by atoms with Crippen LogP contribution in [0.1, 0.15) is 24.2 Å². The lowest BCUT2D eigenvalue weighted by Gasteiger charge is -2.13. The Labute approximate surface area is 128 Å². The largest absolute Gasteiger partial charge is 0.504 e. The number of esters is 1. The fourth-order valence-corrected chi connectivity index (χ4v) is 1.91. The molecule has 0 bridgehead atoms. The monoisotopic (exact) mass is 302 g/mol. The number of phenolic OH excluding ortho intramolecular Hbond substituents is 1. The summed E-state index contributed by atoms with van der Waals surface area (Å²) in [7, 11) is 0. The smallest absolute Gasteiger partial charge is 0.339 e. The van der Waals surface area contributed by atoms with Crippen LogP contribution in [0.3, 0.4) is 0 Å². The highest BCUT2D eigenvalue weighted by molar-refractivity contribution is 5.76. The first-order valence-electron chi connectivity index (χ1n) is 6.96. The fourth-order valence-electron chi connectivity index (χ4n) is 1.91. The van der Waals surface area contributed by atoms with Crippen molar-refractivity contribution >= 4 is 5.97 Å². The molecule has 0 aliphatic heterocycles. The van der Waals surface area contributed by atoms with Gasteiger partial charge in [0.1, 0.15) is 6.61 Å². The minimum atomic E-state index is -1.40. The number of hydrogen-bond donors (Lipinski definition) is 2. The number of aromatic hydroxyl groups is 1. The third-order valence-corrected chi connectivity index (χ3v) is 3.05. The third kappa shape index (κ3) is 3.99. The van der Waals surface area contributed by atoms with Gasteiger partial charge in [-0.3, -0.25) is 0 Å². The van der Waals surface area contributed by atoms with Crippen LogP contribution >= 0.6 is 0 Å². The standard InChI is InChI=1S/C17H18O5/c1-2-21-17(20)16(19)13-8-9-14(18)15(10-13)22-11-12-6-4-3-5-7-12/h3-10,16,18-19H,2,11H2,1H3. The maximum Gasteiger partial charge on any atom is 0.339 e. The molecule has 116 valence electrons. The van der Waals surface area contributed by atoms with E-state index in [1.54, 1.807) is 6.92 Å². The number of rotatable bonds is 6. The van der Waals surface area contributed by atoms with Crippen LogP contribution in [-0.4, -0.2) is 22.8 Å². The number of benzene rings is 2. The summed E-state index contributed by atoms with van der Waals surface area (Å²) in [6.45, 7) is 2.12. The molecular formula is C17H18O5. The molecule has 1 atom stereocenters. The number of ether oxygens (including phenoxy) is 2. The number of phenols is 1. The van der Waals surface area contributed by atoms with E-state index in [0.717, 1.165) is 5.56 Å². The molecule has 0 aliphatic carbocycles. The summed E-state index contributed by atoms with van der Waals surface area (Å²) in [4.78, 5) is 11.5. The van der Waals surface area contributed by atoms with Crippen molar-refractivity contribution in [3.8, 4) is 11.5 Å². The summed E-state index contributed by atoms with van der Waals surface area (Å²) in [5.41, 5.74) is 1.25. The lowest BCUT2D eigenvalue weighted by molar-refractivity contribution is -0.153. The minimum absolute atomic E-state index is 0.0595. The van der Waals surface area contributed by atoms with Gasteiger partial charge in [-0.05, 0) is 30.2 Å². The molecule has 0 fully saturated rings. The molecule has 2 N–H and O–H groups in total. The van der Waals surface area contributed by atoms with Crippen molar-refractivity contribution in [1.82, 2.24) is 0 Å². The van der Waals surface area contributed by atoms with Gasteiger partial charge in [0.05, 0.1) is 6.61 Å². The van der Waals surface area contributed by atoms with Crippen molar-refractivity contribution in [1.29, 1.82) is 0 Å². The molecule has 0 spiro atoms. The molecule has 2 rings (SSSR count). The number of carbonyl (C=O) groups is 1. The zero-order valence-electron chi connectivity index (χ0n) is 12.2. The molecule has 2 aromatic rings. The van der Waals surface area contributed by atoms with Crippen LogP contribution in [0.2, 0.25) is 0 Å². The molecule has 0 saturated heterocycles. The molecule has 5 heteroatoms. The van der Waals surface area contributed by atoms with Gasteiger partial charge in [-0.2, -0.15) is 0 Å². The molecule has 0 amide bonds. The van der Waals surface area contributed by atoms with E-state index < -0.39 is 12.1 Å². The van der Waals surface area contributed by atoms with Crippen LogP contribution in [0.5, 0.6) is 11.5 Å². The van der Waals surface area contributed by atoms with Gasteiger partial charge in [0, 0.05) is 0 Å². The Morgan fingerprint density at radius 3 is 2.59 bits per heavy atom. The molecular weight excluding hydrogens is 284 g/mol. The molecule has 0 radical (unpaired) electrons. The SMILES string of the molecule is CCOC(=O)C(O)c1ccc(O)c(OCc2ccccc2)c1. The lowest BCUT2D eigenvalue weighted by atomic mass is 10.1. The second-order valence-electron chi connectivity index (χ2n) is 4.66. The van der Waals surface area contributed by atoms with Gasteiger partial charge in [0.15, 0.2) is 17.6 Å². The normalized spacial score (nSPS) is 11.7. The minimum Gasteiger partial charge on any atom is -0.504 e. The van der Waals surface area contributed by atoms with Crippen molar-refractivity contribution in [3.63, 3.8) is 0 Å². The van der Waals surface area contributed by atoms with Crippen LogP contribution in [0, 0.1) is 0 Å². The van der Waals surface area contributed by atoms with Crippen molar-refractivity contribution in [3.05, 3.63) is 59.7 Å². The summed E-state index contributed by atoms with van der Waals surface area (Å²) in [5.74, 6) is -0.595. The predicted octanol–water partition coefficient (Wildman–Crippen LogP) is 2.57. The van der Waals surface area contributed by atoms with E-state index in [2.05, 4.69) is 0 Å². The van der Waals surface area contributed by atoms with Crippen molar-refractivity contribution in [2.24, 2.45) is 0 Å². The number of carbonyl (C=O) groups excluding carboxylic acids is 1. The van der Waals surface area contributed by atoms with E-state index in [1.807, 2.05) is 30.3 Å². The second-order valence-corrected chi connectivity index (χ2v) is 4.66. The predicted molar refractivity (Wildman–Crippen MR) is 80.5 cm³/mol. The maximum absolute atomic E-state index is 11.5. The van der Waals surface area contributed by atoms with E-state index in [-0.39, 0.29) is 24.7 Å². The summed E-state index contributed by atoms with van der Waals surface area (Å²) in [6, 6.07) is 13.7. The van der Waals surface area contributed by atoms with Gasteiger partial charge in [0.25, 0.3) is 0 Å². The third-order valence-electron chi connectivity index (χ3n) is 3.05. The van der Waals surface area contributed by atoms with Crippen LogP contribution < -0.4 is 4.74 Å². The van der Waals surface area contributed by atoms with Crippen LogP contribution in [0.15, 0.2) is 48.5 Å². The number of hydrogen-bond acceptors (Lipinski definition) is 5. The van der Waals surface area contributed by atoms with Crippen molar-refractivity contribution in [2.45, 2.75) is 19.6 Å². The Hall–Kier alpha value is -2.53. The van der Waals surface area contributed by atoms with Gasteiger partial charge in [-0.1, -0.05) is 36.4 Å². The Bertz CT molecular complexity index is 624. The average Bonchev–Trinajstić information content (AvgIpc) is 2.54. The second kappa shape index (κ2) is 7.47. The van der Waals surface area contributed by atoms with E-state index >= 15 is 0 Å². The number of aliphatic hydroxyl groups excluding tert-OH is 1.